The fourth-order valence-electron chi connectivity index (χ4n) is 3.61. The number of carbonyl (C=O) groups excluding carboxylic acids is 1. The van der Waals surface area contributed by atoms with Gasteiger partial charge in [-0.05, 0) is 48.0 Å². The van der Waals surface area contributed by atoms with E-state index in [2.05, 4.69) is 25.9 Å². The average Bonchev–Trinajstić information content (AvgIpc) is 3.00. The molecule has 0 fully saturated rings. The second kappa shape index (κ2) is 8.24. The van der Waals surface area contributed by atoms with E-state index in [1.807, 2.05) is 4.72 Å². The standard InChI is InChI=1S/C21H18BrN5O4S/c1-32(30,31)26-21(29)19-18(14-3-2-7-25-20(14)28)15-10-13(22)4-5-16(15)27(19)11-12-6-8-24-17(23)9-12/h2-10H,11H2,1H3,(H2,23,24)(H,25,28)(H,26,29). The van der Waals surface area contributed by atoms with E-state index in [0.717, 1.165) is 16.3 Å². The van der Waals surface area contributed by atoms with Crippen LogP contribution in [-0.2, 0) is 16.6 Å². The molecular formula is C21H18BrN5O4S. The molecule has 0 atom stereocenters. The number of aromatic nitrogens is 3. The summed E-state index contributed by atoms with van der Waals surface area (Å²) < 4.78 is 28.2. The van der Waals surface area contributed by atoms with Crippen molar-refractivity contribution >= 4 is 48.6 Å². The molecule has 4 aromatic rings. The number of aromatic amines is 1. The number of carbonyl (C=O) groups is 1. The third-order valence-corrected chi connectivity index (χ3v) is 5.84. The summed E-state index contributed by atoms with van der Waals surface area (Å²) in [5.41, 5.74) is 7.39. The molecule has 3 heterocycles. The molecule has 0 aliphatic carbocycles. The first-order valence-corrected chi connectivity index (χ1v) is 12.0. The maximum atomic E-state index is 13.2. The Balaban J connectivity index is 2.09. The Labute approximate surface area is 191 Å². The highest BCUT2D eigenvalue weighted by Gasteiger charge is 2.27. The maximum Gasteiger partial charge on any atom is 0.282 e. The number of halogens is 1. The summed E-state index contributed by atoms with van der Waals surface area (Å²) in [7, 11) is -3.86. The van der Waals surface area contributed by atoms with Gasteiger partial charge in [-0.15, -0.1) is 0 Å². The molecule has 1 aromatic carbocycles. The van der Waals surface area contributed by atoms with Crippen molar-refractivity contribution in [1.29, 1.82) is 0 Å². The summed E-state index contributed by atoms with van der Waals surface area (Å²) in [6.07, 6.45) is 3.93. The molecule has 164 valence electrons. The molecule has 9 nitrogen and oxygen atoms in total. The number of fused-ring (bicyclic) bond motifs is 1. The highest BCUT2D eigenvalue weighted by molar-refractivity contribution is 9.10. The number of hydrogen-bond acceptors (Lipinski definition) is 6. The average molecular weight is 516 g/mol. The molecule has 32 heavy (non-hydrogen) atoms. The quantitative estimate of drug-likeness (QED) is 0.373. The molecule has 0 spiro atoms. The molecular weight excluding hydrogens is 498 g/mol. The van der Waals surface area contributed by atoms with Crippen LogP contribution >= 0.6 is 15.9 Å². The van der Waals surface area contributed by atoms with Gasteiger partial charge in [0.2, 0.25) is 10.0 Å². The molecule has 4 N–H and O–H groups in total. The number of anilines is 1. The smallest absolute Gasteiger partial charge is 0.282 e. The van der Waals surface area contributed by atoms with E-state index in [1.54, 1.807) is 53.2 Å². The summed E-state index contributed by atoms with van der Waals surface area (Å²) in [5.74, 6) is -0.538. The van der Waals surface area contributed by atoms with Gasteiger partial charge in [0.15, 0.2) is 0 Å². The van der Waals surface area contributed by atoms with E-state index in [9.17, 15) is 18.0 Å². The molecule has 0 aliphatic rings. The lowest BCUT2D eigenvalue weighted by Crippen LogP contribution is -2.31. The van der Waals surface area contributed by atoms with Gasteiger partial charge < -0.3 is 15.3 Å². The summed E-state index contributed by atoms with van der Waals surface area (Å²) in [5, 5.41) is 0.608. The van der Waals surface area contributed by atoms with E-state index in [0.29, 0.717) is 22.3 Å². The minimum absolute atomic E-state index is 0.0376. The van der Waals surface area contributed by atoms with E-state index in [-0.39, 0.29) is 17.8 Å². The molecule has 3 aromatic heterocycles. The zero-order valence-corrected chi connectivity index (χ0v) is 19.2. The Hall–Kier alpha value is -3.44. The van der Waals surface area contributed by atoms with Crippen LogP contribution < -0.4 is 16.0 Å². The lowest BCUT2D eigenvalue weighted by molar-refractivity contribution is 0.0974. The predicted molar refractivity (Wildman–Crippen MR) is 126 cm³/mol. The molecule has 4 rings (SSSR count). The second-order valence-corrected chi connectivity index (χ2v) is 9.84. The van der Waals surface area contributed by atoms with Crippen LogP contribution in [0.1, 0.15) is 16.1 Å². The van der Waals surface area contributed by atoms with Crippen molar-refractivity contribution in [2.75, 3.05) is 12.0 Å². The fourth-order valence-corrected chi connectivity index (χ4v) is 4.40. The Morgan fingerprint density at radius 2 is 2.03 bits per heavy atom. The van der Waals surface area contributed by atoms with Crippen LogP contribution in [0.2, 0.25) is 0 Å². The summed E-state index contributed by atoms with van der Waals surface area (Å²) in [4.78, 5) is 32.5. The summed E-state index contributed by atoms with van der Waals surface area (Å²) in [6.45, 7) is 0.197. The number of nitrogen functional groups attached to an aromatic ring is 1. The number of nitrogens with one attached hydrogen (secondary N) is 2. The molecule has 0 saturated heterocycles. The molecule has 11 heteroatoms. The van der Waals surface area contributed by atoms with Gasteiger partial charge >= 0.3 is 0 Å². The Morgan fingerprint density at radius 3 is 2.72 bits per heavy atom. The summed E-state index contributed by atoms with van der Waals surface area (Å²) >= 11 is 3.44. The van der Waals surface area contributed by atoms with E-state index < -0.39 is 21.5 Å². The van der Waals surface area contributed by atoms with Gasteiger partial charge in [-0.25, -0.2) is 18.1 Å². The molecule has 0 unspecified atom stereocenters. The Morgan fingerprint density at radius 1 is 1.25 bits per heavy atom. The van der Waals surface area contributed by atoms with Crippen molar-refractivity contribution in [2.45, 2.75) is 6.54 Å². The van der Waals surface area contributed by atoms with E-state index in [4.69, 9.17) is 5.73 Å². The summed E-state index contributed by atoms with van der Waals surface area (Å²) in [6, 6.07) is 12.0. The highest BCUT2D eigenvalue weighted by Crippen LogP contribution is 2.36. The first kappa shape index (κ1) is 21.8. The first-order valence-electron chi connectivity index (χ1n) is 9.36. The minimum Gasteiger partial charge on any atom is -0.384 e. The van der Waals surface area contributed by atoms with Gasteiger partial charge in [0.05, 0.1) is 6.26 Å². The second-order valence-electron chi connectivity index (χ2n) is 7.18. The van der Waals surface area contributed by atoms with Crippen molar-refractivity contribution in [3.05, 3.63) is 80.9 Å². The fraction of sp³-hybridized carbons (Fsp3) is 0.0952. The molecule has 0 saturated carbocycles. The molecule has 0 bridgehead atoms. The van der Waals surface area contributed by atoms with Gasteiger partial charge in [-0.1, -0.05) is 15.9 Å². The Bertz CT molecular complexity index is 1520. The van der Waals surface area contributed by atoms with Gasteiger partial charge in [-0.3, -0.25) is 9.59 Å². The van der Waals surface area contributed by atoms with Crippen molar-refractivity contribution in [2.24, 2.45) is 0 Å². The van der Waals surface area contributed by atoms with Crippen LogP contribution in [0.4, 0.5) is 5.82 Å². The lowest BCUT2D eigenvalue weighted by Gasteiger charge is -2.12. The van der Waals surface area contributed by atoms with E-state index >= 15 is 0 Å². The zero-order chi connectivity index (χ0) is 23.0. The highest BCUT2D eigenvalue weighted by atomic mass is 79.9. The SMILES string of the molecule is CS(=O)(=O)NC(=O)c1c(-c2ccc[nH]c2=O)c2cc(Br)ccc2n1Cc1ccnc(N)c1. The number of sulfonamides is 1. The number of rotatable bonds is 5. The molecule has 1 amide bonds. The van der Waals surface area contributed by atoms with Gasteiger partial charge in [0.25, 0.3) is 11.5 Å². The van der Waals surface area contributed by atoms with Gasteiger partial charge in [0.1, 0.15) is 11.5 Å². The van der Waals surface area contributed by atoms with Crippen LogP contribution in [0.5, 0.6) is 0 Å². The largest absolute Gasteiger partial charge is 0.384 e. The van der Waals surface area contributed by atoms with Crippen molar-refractivity contribution in [3.63, 3.8) is 0 Å². The van der Waals surface area contributed by atoms with Crippen LogP contribution in [0.25, 0.3) is 22.0 Å². The maximum absolute atomic E-state index is 13.2. The van der Waals surface area contributed by atoms with Gasteiger partial charge in [0, 0.05) is 45.4 Å². The molecule has 0 radical (unpaired) electrons. The van der Waals surface area contributed by atoms with Crippen LogP contribution in [0.3, 0.4) is 0 Å². The third kappa shape index (κ3) is 4.30. The van der Waals surface area contributed by atoms with Crippen molar-refractivity contribution in [3.8, 4) is 11.1 Å². The number of amides is 1. The van der Waals surface area contributed by atoms with Crippen molar-refractivity contribution < 1.29 is 13.2 Å². The number of nitrogens with two attached hydrogens (primary N) is 1. The van der Waals surface area contributed by atoms with Crippen LogP contribution in [0.15, 0.2) is 64.1 Å². The van der Waals surface area contributed by atoms with Gasteiger partial charge in [-0.2, -0.15) is 0 Å². The Kier molecular flexibility index (Phi) is 5.61. The lowest BCUT2D eigenvalue weighted by atomic mass is 10.0. The number of hydrogen-bond donors (Lipinski definition) is 3. The monoisotopic (exact) mass is 515 g/mol. The molecule has 0 aliphatic heterocycles. The third-order valence-electron chi connectivity index (χ3n) is 4.79. The van der Waals surface area contributed by atoms with Crippen molar-refractivity contribution in [1.82, 2.24) is 19.3 Å². The predicted octanol–water partition coefficient (Wildman–Crippen LogP) is 2.47. The number of nitrogens with zero attached hydrogens (tertiary/aromatic N) is 2. The number of benzene rings is 1. The topological polar surface area (TPSA) is 140 Å². The minimum atomic E-state index is -3.86. The van der Waals surface area contributed by atoms with Crippen LogP contribution in [0, 0.1) is 0 Å². The zero-order valence-electron chi connectivity index (χ0n) is 16.8. The van der Waals surface area contributed by atoms with Crippen LogP contribution in [-0.4, -0.2) is 35.1 Å². The number of H-pyrrole nitrogens is 1. The normalized spacial score (nSPS) is 11.6. The van der Waals surface area contributed by atoms with E-state index in [1.165, 1.54) is 6.20 Å². The number of pyridine rings is 2. The first-order chi connectivity index (χ1) is 15.1.